The average molecular weight is 633 g/mol. The molecule has 1 aliphatic carbocycles. The molecule has 0 N–H and O–H groups in total. The summed E-state index contributed by atoms with van der Waals surface area (Å²) in [6.45, 7) is 7.02. The molecule has 1 saturated carbocycles. The van der Waals surface area contributed by atoms with Crippen LogP contribution in [0, 0.1) is 11.7 Å². The van der Waals surface area contributed by atoms with Crippen molar-refractivity contribution in [3.05, 3.63) is 47.3 Å². The van der Waals surface area contributed by atoms with E-state index in [0.29, 0.717) is 57.9 Å². The number of ketones is 1. The molecule has 1 aromatic carbocycles. The lowest BCUT2D eigenvalue weighted by Gasteiger charge is -2.39. The van der Waals surface area contributed by atoms with Gasteiger partial charge in [-0.25, -0.2) is 4.39 Å². The molecule has 2 saturated heterocycles. The number of carbonyl (C=O) groups excluding carboxylic acids is 4. The molecule has 41 heavy (non-hydrogen) atoms. The number of rotatable bonds is 11. The van der Waals surface area contributed by atoms with Crippen molar-refractivity contribution in [1.82, 2.24) is 14.7 Å². The minimum absolute atomic E-state index is 0. The van der Waals surface area contributed by atoms with E-state index in [-0.39, 0.29) is 77.5 Å². The summed E-state index contributed by atoms with van der Waals surface area (Å²) < 4.78 is 19.8. The molecule has 2 heterocycles. The minimum atomic E-state index is -0.657. The summed E-state index contributed by atoms with van der Waals surface area (Å²) in [6.07, 6.45) is 4.62. The Balaban J connectivity index is 0.00000294. The zero-order valence-electron chi connectivity index (χ0n) is 23.6. The third-order valence-electron chi connectivity index (χ3n) is 7.51. The summed E-state index contributed by atoms with van der Waals surface area (Å²) in [5, 5.41) is -0.0256. The smallest absolute Gasteiger partial charge is 0.307 e. The van der Waals surface area contributed by atoms with Gasteiger partial charge >= 0.3 is 5.97 Å². The third-order valence-corrected chi connectivity index (χ3v) is 8.66. The molecule has 1 aromatic rings. The number of likely N-dealkylation sites (tertiary alicyclic amines) is 1. The zero-order valence-corrected chi connectivity index (χ0v) is 26.0. The van der Waals surface area contributed by atoms with Crippen molar-refractivity contribution in [2.24, 2.45) is 5.92 Å². The number of ether oxygens (including phenoxy) is 1. The normalized spacial score (nSPS) is 21.5. The third kappa shape index (κ3) is 9.78. The largest absolute Gasteiger partial charge is 0.466 e. The van der Waals surface area contributed by atoms with Gasteiger partial charge in [-0.3, -0.25) is 29.0 Å². The van der Waals surface area contributed by atoms with E-state index >= 15 is 0 Å². The summed E-state index contributed by atoms with van der Waals surface area (Å²) in [6, 6.07) is 5.83. The molecule has 8 nitrogen and oxygen atoms in total. The van der Waals surface area contributed by atoms with Crippen LogP contribution in [0.5, 0.6) is 0 Å². The molecule has 0 aromatic heterocycles. The van der Waals surface area contributed by atoms with Crippen molar-refractivity contribution in [2.45, 2.75) is 50.8 Å². The van der Waals surface area contributed by atoms with Crippen LogP contribution in [0.25, 0.3) is 0 Å². The number of halogens is 3. The molecule has 2 atom stereocenters. The molecule has 228 valence electrons. The Kier molecular flexibility index (Phi) is 14.3. The number of nitrogens with zero attached hydrogens (tertiary/aromatic N) is 3. The first-order chi connectivity index (χ1) is 18.8. The van der Waals surface area contributed by atoms with Gasteiger partial charge in [0.1, 0.15) is 5.82 Å². The topological polar surface area (TPSA) is 87.2 Å². The van der Waals surface area contributed by atoms with Crippen molar-refractivity contribution in [1.29, 1.82) is 0 Å². The van der Waals surface area contributed by atoms with Gasteiger partial charge in [0.2, 0.25) is 5.91 Å². The van der Waals surface area contributed by atoms with Crippen LogP contribution >= 0.6 is 36.6 Å². The standard InChI is InChI=1S/C29H38FN3O5S.2ClH/c1-3-38-27(36)12-13-31-16-17-32(26(35)19-31)14-10-22-18-33(15-11-25(22)39-20(2)34)28(29(37)21-8-9-21)23-6-4-5-7-24(23)30;;/h4-7,10,21,25,28H,3,8-9,11-19H2,1-2H3;2*1H/b22-10-;;. The Morgan fingerprint density at radius 3 is 2.46 bits per heavy atom. The summed E-state index contributed by atoms with van der Waals surface area (Å²) in [5.41, 5.74) is 1.39. The Labute approximate surface area is 258 Å². The molecule has 2 aliphatic heterocycles. The van der Waals surface area contributed by atoms with Gasteiger partial charge in [0, 0.05) is 62.9 Å². The number of thioether (sulfide) groups is 1. The fourth-order valence-corrected chi connectivity index (χ4v) is 6.25. The highest BCUT2D eigenvalue weighted by molar-refractivity contribution is 8.14. The second kappa shape index (κ2) is 16.6. The lowest BCUT2D eigenvalue weighted by molar-refractivity contribution is -0.144. The summed E-state index contributed by atoms with van der Waals surface area (Å²) in [5.74, 6) is -0.621. The maximum Gasteiger partial charge on any atom is 0.307 e. The number of carbonyl (C=O) groups is 4. The van der Waals surface area contributed by atoms with Gasteiger partial charge in [-0.15, -0.1) is 24.8 Å². The van der Waals surface area contributed by atoms with Gasteiger partial charge in [0.05, 0.1) is 25.6 Å². The summed E-state index contributed by atoms with van der Waals surface area (Å²) in [4.78, 5) is 55.7. The Hall–Kier alpha value is -1.98. The van der Waals surface area contributed by atoms with Crippen molar-refractivity contribution in [2.75, 3.05) is 52.4 Å². The second-order valence-electron chi connectivity index (χ2n) is 10.4. The average Bonchev–Trinajstić information content (AvgIpc) is 3.75. The van der Waals surface area contributed by atoms with Crippen molar-refractivity contribution in [3.63, 3.8) is 0 Å². The van der Waals surface area contributed by atoms with Crippen LogP contribution in [-0.2, 0) is 23.9 Å². The van der Waals surface area contributed by atoms with Gasteiger partial charge in [-0.2, -0.15) is 0 Å². The number of amides is 1. The van der Waals surface area contributed by atoms with Crippen LogP contribution < -0.4 is 0 Å². The highest BCUT2D eigenvalue weighted by Gasteiger charge is 2.41. The monoisotopic (exact) mass is 631 g/mol. The number of Topliss-reactive ketones (excluding diaryl/α,β-unsaturated/α-hetero) is 1. The molecular formula is C29H40Cl2FN3O5S. The van der Waals surface area contributed by atoms with Gasteiger partial charge in [-0.1, -0.05) is 36.0 Å². The first-order valence-electron chi connectivity index (χ1n) is 13.8. The summed E-state index contributed by atoms with van der Waals surface area (Å²) in [7, 11) is 0. The molecule has 0 bridgehead atoms. The fourth-order valence-electron chi connectivity index (χ4n) is 5.30. The minimum Gasteiger partial charge on any atom is -0.466 e. The van der Waals surface area contributed by atoms with Crippen molar-refractivity contribution < 1.29 is 28.3 Å². The van der Waals surface area contributed by atoms with E-state index in [1.807, 2.05) is 15.9 Å². The second-order valence-corrected chi connectivity index (χ2v) is 11.8. The summed E-state index contributed by atoms with van der Waals surface area (Å²) >= 11 is 1.28. The Morgan fingerprint density at radius 1 is 1.10 bits per heavy atom. The SMILES string of the molecule is CCOC(=O)CCN1CCN(C/C=C2/CN(C(C(=O)C3CC3)c3ccccc3F)CCC2SC(C)=O)C(=O)C1.Cl.Cl. The molecule has 12 heteroatoms. The lowest BCUT2D eigenvalue weighted by Crippen LogP contribution is -2.50. The number of piperidine rings is 1. The van der Waals surface area contributed by atoms with Crippen LogP contribution in [0.4, 0.5) is 4.39 Å². The highest BCUT2D eigenvalue weighted by atomic mass is 35.5. The predicted octanol–water partition coefficient (Wildman–Crippen LogP) is 4.07. The van der Waals surface area contributed by atoms with Crippen LogP contribution in [0.3, 0.4) is 0 Å². The van der Waals surface area contributed by atoms with Crippen LogP contribution in [-0.4, -0.2) is 95.1 Å². The molecule has 0 radical (unpaired) electrons. The molecule has 3 fully saturated rings. The quantitative estimate of drug-likeness (QED) is 0.267. The van der Waals surface area contributed by atoms with E-state index in [1.165, 1.54) is 17.8 Å². The van der Waals surface area contributed by atoms with Crippen LogP contribution in [0.2, 0.25) is 0 Å². The van der Waals surface area contributed by atoms with Gasteiger partial charge in [-0.05, 0) is 37.8 Å². The van der Waals surface area contributed by atoms with E-state index in [0.717, 1.165) is 18.4 Å². The van der Waals surface area contributed by atoms with Gasteiger partial charge in [0.25, 0.3) is 0 Å². The lowest BCUT2D eigenvalue weighted by atomic mass is 9.93. The van der Waals surface area contributed by atoms with Crippen molar-refractivity contribution >= 4 is 59.4 Å². The van der Waals surface area contributed by atoms with Gasteiger partial charge < -0.3 is 9.64 Å². The number of hydrogen-bond donors (Lipinski definition) is 0. The van der Waals surface area contributed by atoms with Gasteiger partial charge in [0.15, 0.2) is 10.9 Å². The molecular weight excluding hydrogens is 592 g/mol. The van der Waals surface area contributed by atoms with E-state index in [4.69, 9.17) is 4.74 Å². The van der Waals surface area contributed by atoms with E-state index < -0.39 is 6.04 Å². The number of benzene rings is 1. The molecule has 3 aliphatic rings. The first kappa shape index (κ1) is 35.2. The van der Waals surface area contributed by atoms with E-state index in [2.05, 4.69) is 0 Å². The Bertz CT molecular complexity index is 1120. The number of esters is 1. The van der Waals surface area contributed by atoms with Crippen LogP contribution in [0.15, 0.2) is 35.9 Å². The van der Waals surface area contributed by atoms with E-state index in [1.54, 1.807) is 36.9 Å². The first-order valence-corrected chi connectivity index (χ1v) is 14.7. The predicted molar refractivity (Wildman–Crippen MR) is 162 cm³/mol. The highest BCUT2D eigenvalue weighted by Crippen LogP contribution is 2.40. The van der Waals surface area contributed by atoms with Crippen molar-refractivity contribution in [3.8, 4) is 0 Å². The molecule has 4 rings (SSSR count). The molecule has 2 unspecified atom stereocenters. The molecule has 0 spiro atoms. The number of piperazine rings is 1. The number of hydrogen-bond acceptors (Lipinski definition) is 8. The molecule has 1 amide bonds. The Morgan fingerprint density at radius 2 is 1.83 bits per heavy atom. The zero-order chi connectivity index (χ0) is 27.9. The van der Waals surface area contributed by atoms with Crippen LogP contribution in [0.1, 0.15) is 51.1 Å². The fraction of sp³-hybridized carbons (Fsp3) is 0.586. The van der Waals surface area contributed by atoms with E-state index in [9.17, 15) is 23.6 Å². The maximum atomic E-state index is 14.9. The maximum absolute atomic E-state index is 14.9.